The molecule has 0 atom stereocenters. The molecule has 8 heteroatoms. The lowest BCUT2D eigenvalue weighted by Gasteiger charge is -2.23. The van der Waals surface area contributed by atoms with E-state index in [4.69, 9.17) is 9.47 Å². The van der Waals surface area contributed by atoms with Gasteiger partial charge in [0.15, 0.2) is 11.5 Å². The zero-order chi connectivity index (χ0) is 19.8. The molecule has 0 saturated heterocycles. The van der Waals surface area contributed by atoms with Crippen molar-refractivity contribution in [2.75, 3.05) is 33.8 Å². The molecule has 0 aliphatic carbocycles. The molecule has 0 fully saturated rings. The quantitative estimate of drug-likeness (QED) is 0.657. The van der Waals surface area contributed by atoms with Gasteiger partial charge in [0.05, 0.1) is 24.9 Å². The molecule has 0 spiro atoms. The Bertz CT molecular complexity index is 760. The van der Waals surface area contributed by atoms with Crippen molar-refractivity contribution < 1.29 is 19.1 Å². The topological polar surface area (TPSA) is 72.0 Å². The molecule has 0 aliphatic heterocycles. The number of thiazole rings is 1. The highest BCUT2D eigenvalue weighted by molar-refractivity contribution is 7.07. The molecule has 146 valence electrons. The second-order valence-electron chi connectivity index (χ2n) is 5.86. The zero-order valence-electron chi connectivity index (χ0n) is 16.1. The van der Waals surface area contributed by atoms with Gasteiger partial charge in [-0.1, -0.05) is 0 Å². The van der Waals surface area contributed by atoms with Gasteiger partial charge in [-0.15, -0.1) is 11.3 Å². The molecule has 2 amide bonds. The third-order valence-corrected chi connectivity index (χ3v) is 4.74. The normalized spacial score (nSPS) is 10.4. The standard InChI is InChI=1S/C19H25N3O4S/c1-5-22(6-2)18(23)10-21(3)19(24)14-7-8-16(17(9-14)25-4)26-11-15-12-27-13-20-15/h7-9,12-13H,5-6,10-11H2,1-4H3. The summed E-state index contributed by atoms with van der Waals surface area (Å²) < 4.78 is 11.1. The summed E-state index contributed by atoms with van der Waals surface area (Å²) in [4.78, 5) is 32.1. The summed E-state index contributed by atoms with van der Waals surface area (Å²) in [5.74, 6) is 0.661. The van der Waals surface area contributed by atoms with Crippen LogP contribution in [0.15, 0.2) is 29.1 Å². The van der Waals surface area contributed by atoms with E-state index in [0.717, 1.165) is 5.69 Å². The van der Waals surface area contributed by atoms with Gasteiger partial charge in [0.1, 0.15) is 6.61 Å². The summed E-state index contributed by atoms with van der Waals surface area (Å²) in [5, 5.41) is 1.91. The number of nitrogens with zero attached hydrogens (tertiary/aromatic N) is 3. The molecule has 7 nitrogen and oxygen atoms in total. The molecule has 0 radical (unpaired) electrons. The molecule has 0 aliphatic rings. The van der Waals surface area contributed by atoms with E-state index in [2.05, 4.69) is 4.98 Å². The fraction of sp³-hybridized carbons (Fsp3) is 0.421. The highest BCUT2D eigenvalue weighted by atomic mass is 32.1. The van der Waals surface area contributed by atoms with Gasteiger partial charge in [0.25, 0.3) is 5.91 Å². The van der Waals surface area contributed by atoms with Crippen molar-refractivity contribution in [3.05, 3.63) is 40.3 Å². The number of methoxy groups -OCH3 is 1. The number of amides is 2. The van der Waals surface area contributed by atoms with Crippen molar-refractivity contribution in [1.82, 2.24) is 14.8 Å². The number of ether oxygens (including phenoxy) is 2. The molecule has 27 heavy (non-hydrogen) atoms. The number of hydrogen-bond acceptors (Lipinski definition) is 6. The maximum Gasteiger partial charge on any atom is 0.254 e. The molecule has 0 bridgehead atoms. The lowest BCUT2D eigenvalue weighted by Crippen LogP contribution is -2.41. The lowest BCUT2D eigenvalue weighted by atomic mass is 10.1. The van der Waals surface area contributed by atoms with E-state index in [0.29, 0.717) is 36.8 Å². The van der Waals surface area contributed by atoms with Crippen LogP contribution in [-0.2, 0) is 11.4 Å². The van der Waals surface area contributed by atoms with Crippen molar-refractivity contribution in [1.29, 1.82) is 0 Å². The molecular formula is C19H25N3O4S. The van der Waals surface area contributed by atoms with Crippen LogP contribution in [0.3, 0.4) is 0 Å². The van der Waals surface area contributed by atoms with Gasteiger partial charge in [-0.25, -0.2) is 4.98 Å². The van der Waals surface area contributed by atoms with E-state index in [1.54, 1.807) is 35.7 Å². The molecule has 0 N–H and O–H groups in total. The van der Waals surface area contributed by atoms with E-state index in [-0.39, 0.29) is 18.4 Å². The first-order valence-corrected chi connectivity index (χ1v) is 9.65. The van der Waals surface area contributed by atoms with E-state index in [9.17, 15) is 9.59 Å². The predicted molar refractivity (Wildman–Crippen MR) is 104 cm³/mol. The van der Waals surface area contributed by atoms with Crippen LogP contribution in [0, 0.1) is 0 Å². The third-order valence-electron chi connectivity index (χ3n) is 4.10. The number of carbonyl (C=O) groups is 2. The predicted octanol–water partition coefficient (Wildman–Crippen LogP) is 2.67. The van der Waals surface area contributed by atoms with Crippen LogP contribution in [0.4, 0.5) is 0 Å². The average Bonchev–Trinajstić information content (AvgIpc) is 3.20. The summed E-state index contributed by atoms with van der Waals surface area (Å²) in [5.41, 5.74) is 3.01. The number of hydrogen-bond donors (Lipinski definition) is 0. The maximum absolute atomic E-state index is 12.7. The van der Waals surface area contributed by atoms with Gasteiger partial charge in [0.2, 0.25) is 5.91 Å². The zero-order valence-corrected chi connectivity index (χ0v) is 16.9. The summed E-state index contributed by atoms with van der Waals surface area (Å²) >= 11 is 1.50. The van der Waals surface area contributed by atoms with E-state index in [1.165, 1.54) is 23.3 Å². The Morgan fingerprint density at radius 2 is 1.93 bits per heavy atom. The first kappa shape index (κ1) is 20.7. The minimum atomic E-state index is -0.250. The molecular weight excluding hydrogens is 366 g/mol. The van der Waals surface area contributed by atoms with Crippen molar-refractivity contribution in [3.63, 3.8) is 0 Å². The molecule has 2 rings (SSSR count). The van der Waals surface area contributed by atoms with Gasteiger partial charge in [-0.3, -0.25) is 9.59 Å². The van der Waals surface area contributed by atoms with Crippen LogP contribution in [0.5, 0.6) is 11.5 Å². The molecule has 0 saturated carbocycles. The first-order valence-electron chi connectivity index (χ1n) is 8.71. The van der Waals surface area contributed by atoms with Crippen LogP contribution < -0.4 is 9.47 Å². The van der Waals surface area contributed by atoms with Crippen LogP contribution >= 0.6 is 11.3 Å². The second-order valence-corrected chi connectivity index (χ2v) is 6.58. The van der Waals surface area contributed by atoms with Crippen LogP contribution in [0.25, 0.3) is 0 Å². The average molecular weight is 391 g/mol. The van der Waals surface area contributed by atoms with Crippen molar-refractivity contribution in [2.24, 2.45) is 0 Å². The highest BCUT2D eigenvalue weighted by Gasteiger charge is 2.19. The Hall–Kier alpha value is -2.61. The maximum atomic E-state index is 12.7. The van der Waals surface area contributed by atoms with Crippen molar-refractivity contribution in [3.8, 4) is 11.5 Å². The highest BCUT2D eigenvalue weighted by Crippen LogP contribution is 2.29. The summed E-state index contributed by atoms with van der Waals surface area (Å²) in [6, 6.07) is 4.98. The molecule has 1 aromatic heterocycles. The first-order chi connectivity index (χ1) is 13.0. The summed E-state index contributed by atoms with van der Waals surface area (Å²) in [7, 11) is 3.13. The monoisotopic (exact) mass is 391 g/mol. The fourth-order valence-electron chi connectivity index (χ4n) is 2.55. The van der Waals surface area contributed by atoms with E-state index in [1.807, 2.05) is 19.2 Å². The second kappa shape index (κ2) is 9.91. The largest absolute Gasteiger partial charge is 0.493 e. The van der Waals surface area contributed by atoms with E-state index < -0.39 is 0 Å². The van der Waals surface area contributed by atoms with Gasteiger partial charge >= 0.3 is 0 Å². The Balaban J connectivity index is 2.06. The van der Waals surface area contributed by atoms with Crippen LogP contribution in [0.2, 0.25) is 0 Å². The Kier molecular flexibility index (Phi) is 7.60. The minimum Gasteiger partial charge on any atom is -0.493 e. The van der Waals surface area contributed by atoms with Crippen LogP contribution in [-0.4, -0.2) is 60.4 Å². The van der Waals surface area contributed by atoms with Crippen LogP contribution in [0.1, 0.15) is 29.9 Å². The Labute approximate surface area is 163 Å². The van der Waals surface area contributed by atoms with Gasteiger partial charge in [-0.2, -0.15) is 0 Å². The molecule has 1 heterocycles. The van der Waals surface area contributed by atoms with Crippen molar-refractivity contribution >= 4 is 23.2 Å². The Morgan fingerprint density at radius 3 is 2.52 bits per heavy atom. The summed E-state index contributed by atoms with van der Waals surface area (Å²) in [6.07, 6.45) is 0. The molecule has 1 aromatic carbocycles. The minimum absolute atomic E-state index is 0.0326. The van der Waals surface area contributed by atoms with Gasteiger partial charge < -0.3 is 19.3 Å². The number of benzene rings is 1. The number of aromatic nitrogens is 1. The Morgan fingerprint density at radius 1 is 1.19 bits per heavy atom. The van der Waals surface area contributed by atoms with Gasteiger partial charge in [-0.05, 0) is 32.0 Å². The summed E-state index contributed by atoms with van der Waals surface area (Å²) in [6.45, 7) is 5.43. The van der Waals surface area contributed by atoms with E-state index >= 15 is 0 Å². The number of likely N-dealkylation sites (N-methyl/N-ethyl adjacent to an activating group) is 2. The molecule has 2 aromatic rings. The van der Waals surface area contributed by atoms with Crippen molar-refractivity contribution in [2.45, 2.75) is 20.5 Å². The smallest absolute Gasteiger partial charge is 0.254 e. The SMILES string of the molecule is CCN(CC)C(=O)CN(C)C(=O)c1ccc(OCc2cscn2)c(OC)c1. The van der Waals surface area contributed by atoms with Gasteiger partial charge in [0, 0.05) is 31.1 Å². The number of carbonyl (C=O) groups excluding carboxylic acids is 2. The lowest BCUT2D eigenvalue weighted by molar-refractivity contribution is -0.131. The fourth-order valence-corrected chi connectivity index (χ4v) is 3.09. The molecule has 0 unspecified atom stereocenters. The third kappa shape index (κ3) is 5.43. The number of rotatable bonds is 9.